The first-order chi connectivity index (χ1) is 7.45. The van der Waals surface area contributed by atoms with Gasteiger partial charge in [0.15, 0.2) is 0 Å². The van der Waals surface area contributed by atoms with Crippen molar-refractivity contribution in [2.75, 3.05) is 0 Å². The number of hydrogen-bond donors (Lipinski definition) is 0. The van der Waals surface area contributed by atoms with Crippen LogP contribution >= 0.6 is 0 Å². The minimum Gasteiger partial charge on any atom is -0.264 e. The summed E-state index contributed by atoms with van der Waals surface area (Å²) in [5.41, 5.74) is 4.38. The van der Waals surface area contributed by atoms with Gasteiger partial charge in [-0.3, -0.25) is 4.98 Å². The van der Waals surface area contributed by atoms with Crippen LogP contribution in [0, 0.1) is 0 Å². The predicted octanol–water partition coefficient (Wildman–Crippen LogP) is 3.69. The molecule has 0 amide bonds. The molecule has 1 heterocycles. The third-order valence-electron chi connectivity index (χ3n) is 3.23. The van der Waals surface area contributed by atoms with Crippen LogP contribution in [-0.4, -0.2) is 4.98 Å². The van der Waals surface area contributed by atoms with Crippen molar-refractivity contribution in [1.29, 1.82) is 0 Å². The molecule has 0 radical (unpaired) electrons. The van der Waals surface area contributed by atoms with E-state index >= 15 is 0 Å². The molecule has 1 aromatic rings. The van der Waals surface area contributed by atoms with Gasteiger partial charge in [0.25, 0.3) is 0 Å². The van der Waals surface area contributed by atoms with Crippen LogP contribution in [-0.2, 0) is 0 Å². The van der Waals surface area contributed by atoms with Crippen molar-refractivity contribution in [2.45, 2.75) is 31.6 Å². The van der Waals surface area contributed by atoms with Gasteiger partial charge in [-0.1, -0.05) is 18.2 Å². The quantitative estimate of drug-likeness (QED) is 0.704. The molecule has 0 aromatic carbocycles. The maximum Gasteiger partial charge on any atom is 0.0345 e. The largest absolute Gasteiger partial charge is 0.264 e. The highest BCUT2D eigenvalue weighted by molar-refractivity contribution is 5.70. The highest BCUT2D eigenvalue weighted by Crippen LogP contribution is 2.43. The van der Waals surface area contributed by atoms with Crippen LogP contribution in [0.3, 0.4) is 0 Å². The van der Waals surface area contributed by atoms with Crippen LogP contribution in [0.25, 0.3) is 5.57 Å². The molecule has 0 bridgehead atoms. The molecule has 0 N–H and O–H groups in total. The van der Waals surface area contributed by atoms with Crippen LogP contribution in [0.2, 0.25) is 0 Å². The van der Waals surface area contributed by atoms with Crippen LogP contribution in [0.4, 0.5) is 0 Å². The average Bonchev–Trinajstić information content (AvgIpc) is 3.14. The first-order valence-electron chi connectivity index (χ1n) is 5.75. The summed E-state index contributed by atoms with van der Waals surface area (Å²) in [7, 11) is 0. The van der Waals surface area contributed by atoms with E-state index in [1.807, 2.05) is 12.4 Å². The fraction of sp³-hybridized carbons (Fsp3) is 0.357. The Hall–Kier alpha value is -1.37. The normalized spacial score (nSPS) is 20.1. The Morgan fingerprint density at radius 1 is 1.27 bits per heavy atom. The number of nitrogens with zero attached hydrogens (tertiary/aromatic N) is 1. The molecule has 3 rings (SSSR count). The second kappa shape index (κ2) is 3.65. The molecule has 1 saturated carbocycles. The van der Waals surface area contributed by atoms with Gasteiger partial charge in [0.05, 0.1) is 0 Å². The smallest absolute Gasteiger partial charge is 0.0345 e. The van der Waals surface area contributed by atoms with Gasteiger partial charge >= 0.3 is 0 Å². The molecule has 0 spiro atoms. The Bertz CT molecular complexity index is 425. The molecule has 0 saturated heterocycles. The lowest BCUT2D eigenvalue weighted by Crippen LogP contribution is -1.95. The second-order valence-electron chi connectivity index (χ2n) is 4.40. The molecule has 1 fully saturated rings. The van der Waals surface area contributed by atoms with Gasteiger partial charge in [-0.05, 0) is 54.4 Å². The van der Waals surface area contributed by atoms with Gasteiger partial charge in [-0.15, -0.1) is 0 Å². The summed E-state index contributed by atoms with van der Waals surface area (Å²) in [5, 5.41) is 0. The average molecular weight is 197 g/mol. The Morgan fingerprint density at radius 2 is 2.20 bits per heavy atom. The van der Waals surface area contributed by atoms with Crippen molar-refractivity contribution in [3.05, 3.63) is 47.8 Å². The standard InChI is InChI=1S/C14H15N/c1-2-4-11(5-3-1)14-10-15-9-8-13(14)12-6-7-12/h1-2,4,8-10,12H,3,5-7H2. The monoisotopic (exact) mass is 197 g/mol. The maximum absolute atomic E-state index is 4.27. The maximum atomic E-state index is 4.27. The zero-order valence-corrected chi connectivity index (χ0v) is 8.82. The molecule has 2 aliphatic carbocycles. The van der Waals surface area contributed by atoms with Crippen molar-refractivity contribution >= 4 is 5.57 Å². The van der Waals surface area contributed by atoms with Gasteiger partial charge in [-0.2, -0.15) is 0 Å². The fourth-order valence-corrected chi connectivity index (χ4v) is 2.25. The second-order valence-corrected chi connectivity index (χ2v) is 4.40. The van der Waals surface area contributed by atoms with Crippen LogP contribution < -0.4 is 0 Å². The SMILES string of the molecule is C1=CCCC(c2cnccc2C2CC2)=C1. The number of aromatic nitrogens is 1. The van der Waals surface area contributed by atoms with E-state index in [1.54, 1.807) is 0 Å². The molecule has 0 unspecified atom stereocenters. The minimum atomic E-state index is 0.815. The van der Waals surface area contributed by atoms with Crippen LogP contribution in [0.15, 0.2) is 36.7 Å². The van der Waals surface area contributed by atoms with Crippen molar-refractivity contribution in [2.24, 2.45) is 0 Å². The van der Waals surface area contributed by atoms with Crippen LogP contribution in [0.5, 0.6) is 0 Å². The number of rotatable bonds is 2. The van der Waals surface area contributed by atoms with E-state index in [0.717, 1.165) is 5.92 Å². The Kier molecular flexibility index (Phi) is 2.17. The first kappa shape index (κ1) is 8.90. The molecule has 0 aliphatic heterocycles. The molecule has 76 valence electrons. The van der Waals surface area contributed by atoms with E-state index in [9.17, 15) is 0 Å². The summed E-state index contributed by atoms with van der Waals surface area (Å²) >= 11 is 0. The zero-order valence-electron chi connectivity index (χ0n) is 8.82. The van der Waals surface area contributed by atoms with Crippen molar-refractivity contribution in [1.82, 2.24) is 4.98 Å². The summed E-state index contributed by atoms with van der Waals surface area (Å²) in [4.78, 5) is 4.27. The van der Waals surface area contributed by atoms with Crippen molar-refractivity contribution in [3.8, 4) is 0 Å². The van der Waals surface area contributed by atoms with Crippen LogP contribution in [0.1, 0.15) is 42.7 Å². The molecule has 0 atom stereocenters. The van der Waals surface area contributed by atoms with Crippen molar-refractivity contribution < 1.29 is 0 Å². The lowest BCUT2D eigenvalue weighted by Gasteiger charge is -2.13. The Morgan fingerprint density at radius 3 is 2.93 bits per heavy atom. The summed E-state index contributed by atoms with van der Waals surface area (Å²) in [6.45, 7) is 0. The van der Waals surface area contributed by atoms with Gasteiger partial charge in [0.1, 0.15) is 0 Å². The van der Waals surface area contributed by atoms with Crippen molar-refractivity contribution in [3.63, 3.8) is 0 Å². The first-order valence-corrected chi connectivity index (χ1v) is 5.75. The molecule has 15 heavy (non-hydrogen) atoms. The van der Waals surface area contributed by atoms with Gasteiger partial charge in [0, 0.05) is 12.4 Å². The lowest BCUT2D eigenvalue weighted by atomic mass is 9.93. The molecular weight excluding hydrogens is 182 g/mol. The van der Waals surface area contributed by atoms with E-state index in [1.165, 1.54) is 42.4 Å². The molecular formula is C14H15N. The zero-order chi connectivity index (χ0) is 10.1. The Balaban J connectivity index is 2.02. The lowest BCUT2D eigenvalue weighted by molar-refractivity contribution is 1.03. The number of pyridine rings is 1. The van der Waals surface area contributed by atoms with Gasteiger partial charge < -0.3 is 0 Å². The Labute approximate surface area is 90.5 Å². The highest BCUT2D eigenvalue weighted by Gasteiger charge is 2.26. The van der Waals surface area contributed by atoms with Gasteiger partial charge in [0.2, 0.25) is 0 Å². The predicted molar refractivity (Wildman–Crippen MR) is 62.6 cm³/mol. The fourth-order valence-electron chi connectivity index (χ4n) is 2.25. The third-order valence-corrected chi connectivity index (χ3v) is 3.23. The molecule has 1 nitrogen and oxygen atoms in total. The van der Waals surface area contributed by atoms with E-state index in [4.69, 9.17) is 0 Å². The van der Waals surface area contributed by atoms with E-state index in [0.29, 0.717) is 0 Å². The summed E-state index contributed by atoms with van der Waals surface area (Å²) in [6.07, 6.45) is 15.7. The molecule has 2 aliphatic rings. The molecule has 1 heteroatoms. The molecule has 1 aromatic heterocycles. The van der Waals surface area contributed by atoms with E-state index < -0.39 is 0 Å². The summed E-state index contributed by atoms with van der Waals surface area (Å²) < 4.78 is 0. The van der Waals surface area contributed by atoms with Gasteiger partial charge in [-0.25, -0.2) is 0 Å². The summed E-state index contributed by atoms with van der Waals surface area (Å²) in [6, 6.07) is 2.20. The number of allylic oxidation sites excluding steroid dienone is 4. The van der Waals surface area contributed by atoms with E-state index in [2.05, 4.69) is 29.3 Å². The van der Waals surface area contributed by atoms with E-state index in [-0.39, 0.29) is 0 Å². The highest BCUT2D eigenvalue weighted by atomic mass is 14.6. The topological polar surface area (TPSA) is 12.9 Å². The number of hydrogen-bond acceptors (Lipinski definition) is 1. The third kappa shape index (κ3) is 1.74. The summed E-state index contributed by atoms with van der Waals surface area (Å²) in [5.74, 6) is 0.815. The minimum absolute atomic E-state index is 0.815.